The lowest BCUT2D eigenvalue weighted by Crippen LogP contribution is -2.06. The number of aromatic nitrogens is 3. The molecule has 116 valence electrons. The number of carbonyl (C=O) groups is 1. The van der Waals surface area contributed by atoms with E-state index in [2.05, 4.69) is 15.4 Å². The van der Waals surface area contributed by atoms with Crippen LogP contribution in [0.15, 0.2) is 48.5 Å². The van der Waals surface area contributed by atoms with E-state index in [0.29, 0.717) is 11.3 Å². The molecule has 3 rings (SSSR count). The molecule has 1 N–H and O–H groups in total. The normalized spacial score (nSPS) is 10.5. The number of aromatic amines is 1. The van der Waals surface area contributed by atoms with E-state index in [-0.39, 0.29) is 18.1 Å². The molecule has 0 saturated carbocycles. The predicted octanol–water partition coefficient (Wildman–Crippen LogP) is 3.45. The fraction of sp³-hybridized carbons (Fsp3) is 0.118. The van der Waals surface area contributed by atoms with Gasteiger partial charge in [0.15, 0.2) is 5.69 Å². The first-order chi connectivity index (χ1) is 11.2. The van der Waals surface area contributed by atoms with Crippen LogP contribution in [0.3, 0.4) is 0 Å². The molecule has 1 heterocycles. The first kappa shape index (κ1) is 14.9. The van der Waals surface area contributed by atoms with Crippen LogP contribution in [0.4, 0.5) is 4.39 Å². The van der Waals surface area contributed by atoms with Crippen LogP contribution in [0.2, 0.25) is 0 Å². The zero-order valence-electron chi connectivity index (χ0n) is 12.4. The molecule has 0 atom stereocenters. The van der Waals surface area contributed by atoms with Crippen molar-refractivity contribution in [2.45, 2.75) is 6.92 Å². The van der Waals surface area contributed by atoms with E-state index in [4.69, 9.17) is 4.74 Å². The number of esters is 1. The lowest BCUT2D eigenvalue weighted by Gasteiger charge is -2.05. The molecule has 0 aliphatic carbocycles. The maximum absolute atomic E-state index is 13.4. The molecule has 0 amide bonds. The molecular formula is C17H14FN3O2. The molecule has 2 aromatic carbocycles. The van der Waals surface area contributed by atoms with Crippen molar-refractivity contribution in [1.29, 1.82) is 0 Å². The zero-order valence-corrected chi connectivity index (χ0v) is 12.4. The van der Waals surface area contributed by atoms with Crippen molar-refractivity contribution in [3.8, 4) is 22.4 Å². The summed E-state index contributed by atoms with van der Waals surface area (Å²) in [7, 11) is 0. The maximum atomic E-state index is 13.4. The summed E-state index contributed by atoms with van der Waals surface area (Å²) in [6.07, 6.45) is 0. The highest BCUT2D eigenvalue weighted by molar-refractivity contribution is 5.94. The number of rotatable bonds is 4. The Hall–Kier alpha value is -3.02. The summed E-state index contributed by atoms with van der Waals surface area (Å²) in [4.78, 5) is 11.9. The third-order valence-corrected chi connectivity index (χ3v) is 3.31. The quantitative estimate of drug-likeness (QED) is 0.749. The Balaban J connectivity index is 2.01. The lowest BCUT2D eigenvalue weighted by atomic mass is 10.0. The average molecular weight is 311 g/mol. The van der Waals surface area contributed by atoms with Crippen LogP contribution in [-0.4, -0.2) is 28.0 Å². The van der Waals surface area contributed by atoms with Gasteiger partial charge in [-0.3, -0.25) is 0 Å². The third-order valence-electron chi connectivity index (χ3n) is 3.31. The van der Waals surface area contributed by atoms with Gasteiger partial charge in [0.1, 0.15) is 11.5 Å². The summed E-state index contributed by atoms with van der Waals surface area (Å²) in [6.45, 7) is 1.98. The number of nitrogens with zero attached hydrogens (tertiary/aromatic N) is 2. The van der Waals surface area contributed by atoms with Crippen LogP contribution in [0.5, 0.6) is 0 Å². The van der Waals surface area contributed by atoms with Gasteiger partial charge in [0.25, 0.3) is 0 Å². The second-order valence-corrected chi connectivity index (χ2v) is 4.83. The van der Waals surface area contributed by atoms with E-state index in [1.807, 2.05) is 30.3 Å². The fourth-order valence-electron chi connectivity index (χ4n) is 2.29. The minimum Gasteiger partial charge on any atom is -0.461 e. The monoisotopic (exact) mass is 311 g/mol. The molecule has 6 heteroatoms. The summed E-state index contributed by atoms with van der Waals surface area (Å²) in [6, 6.07) is 13.6. The molecule has 5 nitrogen and oxygen atoms in total. The van der Waals surface area contributed by atoms with Crippen molar-refractivity contribution in [3.63, 3.8) is 0 Å². The molecule has 0 radical (unpaired) electrons. The van der Waals surface area contributed by atoms with E-state index in [9.17, 15) is 9.18 Å². The molecule has 0 fully saturated rings. The van der Waals surface area contributed by atoms with Crippen molar-refractivity contribution < 1.29 is 13.9 Å². The Morgan fingerprint density at radius 1 is 1.09 bits per heavy atom. The van der Waals surface area contributed by atoms with Gasteiger partial charge in [-0.05, 0) is 36.2 Å². The third kappa shape index (κ3) is 3.11. The van der Waals surface area contributed by atoms with Crippen molar-refractivity contribution in [2.75, 3.05) is 6.61 Å². The minimum absolute atomic E-state index is 0.128. The highest BCUT2D eigenvalue weighted by Gasteiger charge is 2.19. The second kappa shape index (κ2) is 6.39. The van der Waals surface area contributed by atoms with E-state index < -0.39 is 5.97 Å². The molecule has 0 aliphatic rings. The summed E-state index contributed by atoms with van der Waals surface area (Å²) >= 11 is 0. The zero-order chi connectivity index (χ0) is 16.2. The molecule has 0 bridgehead atoms. The first-order valence-corrected chi connectivity index (χ1v) is 7.13. The van der Waals surface area contributed by atoms with Crippen LogP contribution in [0.1, 0.15) is 17.4 Å². The number of carbonyl (C=O) groups excluding carboxylic acids is 1. The Labute approximate surface area is 132 Å². The topological polar surface area (TPSA) is 67.9 Å². The van der Waals surface area contributed by atoms with Crippen LogP contribution >= 0.6 is 0 Å². The molecule has 0 spiro atoms. The van der Waals surface area contributed by atoms with Gasteiger partial charge in [0.05, 0.1) is 6.61 Å². The number of ether oxygens (including phenoxy) is 1. The fourth-order valence-corrected chi connectivity index (χ4v) is 2.29. The summed E-state index contributed by atoms with van der Waals surface area (Å²) in [5.41, 5.74) is 2.79. The van der Waals surface area contributed by atoms with Crippen molar-refractivity contribution in [1.82, 2.24) is 15.4 Å². The number of benzene rings is 2. The molecule has 3 aromatic rings. The van der Waals surface area contributed by atoms with Crippen molar-refractivity contribution in [3.05, 3.63) is 60.0 Å². The van der Waals surface area contributed by atoms with Gasteiger partial charge in [-0.15, -0.1) is 5.10 Å². The molecule has 0 saturated heterocycles. The second-order valence-electron chi connectivity index (χ2n) is 4.83. The maximum Gasteiger partial charge on any atom is 0.361 e. The SMILES string of the molecule is CCOC(=O)c1n[nH]nc1-c1cccc(-c2cccc(F)c2)c1. The largest absolute Gasteiger partial charge is 0.461 e. The average Bonchev–Trinajstić information content (AvgIpc) is 3.05. The number of H-pyrrole nitrogens is 1. The molecular weight excluding hydrogens is 297 g/mol. The van der Waals surface area contributed by atoms with Crippen molar-refractivity contribution >= 4 is 5.97 Å². The van der Waals surface area contributed by atoms with E-state index in [0.717, 1.165) is 11.1 Å². The Morgan fingerprint density at radius 2 is 1.78 bits per heavy atom. The Bertz CT molecular complexity index is 845. The van der Waals surface area contributed by atoms with Crippen LogP contribution in [-0.2, 0) is 4.74 Å². The van der Waals surface area contributed by atoms with Crippen LogP contribution in [0.25, 0.3) is 22.4 Å². The highest BCUT2D eigenvalue weighted by Crippen LogP contribution is 2.27. The summed E-state index contributed by atoms with van der Waals surface area (Å²) in [5, 5.41) is 10.3. The lowest BCUT2D eigenvalue weighted by molar-refractivity contribution is 0.0520. The summed E-state index contributed by atoms with van der Waals surface area (Å²) in [5.74, 6) is -0.839. The van der Waals surface area contributed by atoms with Gasteiger partial charge in [-0.25, -0.2) is 9.18 Å². The molecule has 1 aromatic heterocycles. The molecule has 0 unspecified atom stereocenters. The van der Waals surface area contributed by atoms with Gasteiger partial charge in [0, 0.05) is 5.56 Å². The van der Waals surface area contributed by atoms with Crippen molar-refractivity contribution in [2.24, 2.45) is 0 Å². The number of hydrogen-bond donors (Lipinski definition) is 1. The number of halogens is 1. The standard InChI is InChI=1S/C17H14FN3O2/c1-2-23-17(22)16-15(19-21-20-16)13-7-3-5-11(9-13)12-6-4-8-14(18)10-12/h3-10H,2H2,1H3,(H,19,20,21). The Kier molecular flexibility index (Phi) is 4.14. The van der Waals surface area contributed by atoms with Gasteiger partial charge in [-0.1, -0.05) is 30.3 Å². The van der Waals surface area contributed by atoms with E-state index >= 15 is 0 Å². The Morgan fingerprint density at radius 3 is 2.52 bits per heavy atom. The predicted molar refractivity (Wildman–Crippen MR) is 83.2 cm³/mol. The van der Waals surface area contributed by atoms with Crippen LogP contribution in [0, 0.1) is 5.82 Å². The molecule has 0 aliphatic heterocycles. The van der Waals surface area contributed by atoms with E-state index in [1.165, 1.54) is 12.1 Å². The van der Waals surface area contributed by atoms with E-state index in [1.54, 1.807) is 13.0 Å². The summed E-state index contributed by atoms with van der Waals surface area (Å²) < 4.78 is 18.4. The van der Waals surface area contributed by atoms with Crippen LogP contribution < -0.4 is 0 Å². The molecule has 23 heavy (non-hydrogen) atoms. The van der Waals surface area contributed by atoms with Gasteiger partial charge < -0.3 is 4.74 Å². The van der Waals surface area contributed by atoms with Gasteiger partial charge in [-0.2, -0.15) is 10.3 Å². The minimum atomic E-state index is -0.535. The first-order valence-electron chi connectivity index (χ1n) is 7.13. The smallest absolute Gasteiger partial charge is 0.361 e. The van der Waals surface area contributed by atoms with Gasteiger partial charge >= 0.3 is 5.97 Å². The van der Waals surface area contributed by atoms with Gasteiger partial charge in [0.2, 0.25) is 0 Å². The highest BCUT2D eigenvalue weighted by atomic mass is 19.1. The number of nitrogens with one attached hydrogen (secondary N) is 1. The number of hydrogen-bond acceptors (Lipinski definition) is 4.